The maximum absolute atomic E-state index is 12.6. The molecule has 2 atom stereocenters. The maximum atomic E-state index is 12.6. The first kappa shape index (κ1) is 15.0. The molecule has 2 heterocycles. The topological polar surface area (TPSA) is 68.6 Å². The Labute approximate surface area is 118 Å². The number of hydrogen-bond acceptors (Lipinski definition) is 5. The number of hydrogen-bond donors (Lipinski definition) is 1. The van der Waals surface area contributed by atoms with Gasteiger partial charge in [0.2, 0.25) is 5.91 Å². The number of carbonyl (C=O) groups is 1. The average molecular weight is 282 g/mol. The molecule has 0 bridgehead atoms. The summed E-state index contributed by atoms with van der Waals surface area (Å²) in [5.41, 5.74) is 0.870. The minimum Gasteiger partial charge on any atom is -0.382 e. The fourth-order valence-electron chi connectivity index (χ4n) is 2.41. The minimum absolute atomic E-state index is 0.0462. The van der Waals surface area contributed by atoms with Crippen LogP contribution in [0.1, 0.15) is 11.6 Å². The summed E-state index contributed by atoms with van der Waals surface area (Å²) in [5, 5.41) is 7.18. The molecule has 7 heteroatoms. The van der Waals surface area contributed by atoms with E-state index < -0.39 is 0 Å². The molecule has 1 amide bonds. The van der Waals surface area contributed by atoms with Gasteiger partial charge in [0, 0.05) is 39.0 Å². The normalized spacial score (nSPS) is 20.9. The summed E-state index contributed by atoms with van der Waals surface area (Å²) >= 11 is 0. The highest BCUT2D eigenvalue weighted by Crippen LogP contribution is 2.17. The first-order chi connectivity index (χ1) is 9.65. The lowest BCUT2D eigenvalue weighted by molar-refractivity contribution is -0.143. The van der Waals surface area contributed by atoms with Crippen LogP contribution < -0.4 is 5.32 Å². The van der Waals surface area contributed by atoms with Gasteiger partial charge in [0.05, 0.1) is 25.5 Å². The van der Waals surface area contributed by atoms with Crippen LogP contribution in [-0.4, -0.2) is 67.2 Å². The highest BCUT2D eigenvalue weighted by atomic mass is 16.5. The van der Waals surface area contributed by atoms with Crippen molar-refractivity contribution in [2.24, 2.45) is 7.05 Å². The van der Waals surface area contributed by atoms with Crippen LogP contribution in [0.3, 0.4) is 0 Å². The molecule has 0 aliphatic carbocycles. The van der Waals surface area contributed by atoms with Crippen LogP contribution in [0.25, 0.3) is 0 Å². The molecule has 2 rings (SSSR count). The van der Waals surface area contributed by atoms with E-state index in [1.165, 1.54) is 0 Å². The molecule has 1 aromatic heterocycles. The molecular weight excluding hydrogens is 260 g/mol. The second kappa shape index (κ2) is 6.83. The Balaban J connectivity index is 2.04. The van der Waals surface area contributed by atoms with E-state index in [9.17, 15) is 4.79 Å². The summed E-state index contributed by atoms with van der Waals surface area (Å²) in [6.07, 6.45) is 3.52. The molecule has 1 saturated heterocycles. The van der Waals surface area contributed by atoms with Gasteiger partial charge in [-0.2, -0.15) is 5.10 Å². The van der Waals surface area contributed by atoms with Crippen LogP contribution in [0.15, 0.2) is 12.4 Å². The van der Waals surface area contributed by atoms with Gasteiger partial charge in [-0.3, -0.25) is 9.48 Å². The number of aromatic nitrogens is 2. The van der Waals surface area contributed by atoms with Crippen LogP contribution >= 0.6 is 0 Å². The minimum atomic E-state index is -0.370. The summed E-state index contributed by atoms with van der Waals surface area (Å²) in [7, 11) is 5.25. The molecule has 0 aromatic carbocycles. The van der Waals surface area contributed by atoms with Crippen molar-refractivity contribution >= 4 is 5.91 Å². The van der Waals surface area contributed by atoms with Gasteiger partial charge in [0.25, 0.3) is 0 Å². The van der Waals surface area contributed by atoms with Gasteiger partial charge in [0.1, 0.15) is 6.04 Å². The van der Waals surface area contributed by atoms with Crippen molar-refractivity contribution in [3.05, 3.63) is 18.0 Å². The highest BCUT2D eigenvalue weighted by molar-refractivity contribution is 5.83. The Morgan fingerprint density at radius 3 is 3.10 bits per heavy atom. The summed E-state index contributed by atoms with van der Waals surface area (Å²) in [6.45, 7) is 2.22. The van der Waals surface area contributed by atoms with Gasteiger partial charge in [0.15, 0.2) is 0 Å². The second-order valence-corrected chi connectivity index (χ2v) is 4.90. The molecule has 1 N–H and O–H groups in total. The SMILES string of the molecule is CNC(C(=O)N1CCOC(COC)C1)c1cnn(C)c1. The molecule has 1 aliphatic rings. The number of nitrogens with one attached hydrogen (secondary N) is 1. The van der Waals surface area contributed by atoms with E-state index in [0.717, 1.165) is 5.56 Å². The number of methoxy groups -OCH3 is 1. The molecule has 0 saturated carbocycles. The van der Waals surface area contributed by atoms with Gasteiger partial charge in [-0.15, -0.1) is 0 Å². The van der Waals surface area contributed by atoms with Gasteiger partial charge in [-0.25, -0.2) is 0 Å². The predicted octanol–water partition coefficient (Wildman–Crippen LogP) is -0.446. The Kier molecular flexibility index (Phi) is 5.11. The largest absolute Gasteiger partial charge is 0.382 e. The third-order valence-corrected chi connectivity index (χ3v) is 3.40. The smallest absolute Gasteiger partial charge is 0.244 e. The number of ether oxygens (including phenoxy) is 2. The van der Waals surface area contributed by atoms with Crippen molar-refractivity contribution in [2.75, 3.05) is 40.5 Å². The molecule has 7 nitrogen and oxygen atoms in total. The van der Waals surface area contributed by atoms with Crippen molar-refractivity contribution < 1.29 is 14.3 Å². The number of likely N-dealkylation sites (N-methyl/N-ethyl adjacent to an activating group) is 1. The number of rotatable bonds is 5. The van der Waals surface area contributed by atoms with Crippen molar-refractivity contribution in [2.45, 2.75) is 12.1 Å². The highest BCUT2D eigenvalue weighted by Gasteiger charge is 2.30. The molecule has 2 unspecified atom stereocenters. The first-order valence-corrected chi connectivity index (χ1v) is 6.70. The Morgan fingerprint density at radius 1 is 1.70 bits per heavy atom. The Hall–Kier alpha value is -1.44. The van der Waals surface area contributed by atoms with Crippen molar-refractivity contribution in [3.63, 3.8) is 0 Å². The van der Waals surface area contributed by atoms with Crippen molar-refractivity contribution in [1.82, 2.24) is 20.0 Å². The van der Waals surface area contributed by atoms with Crippen LogP contribution in [0, 0.1) is 0 Å². The average Bonchev–Trinajstić information content (AvgIpc) is 2.87. The monoisotopic (exact) mass is 282 g/mol. The van der Waals surface area contributed by atoms with Crippen molar-refractivity contribution in [1.29, 1.82) is 0 Å². The molecule has 20 heavy (non-hydrogen) atoms. The standard InChI is InChI=1S/C13H22N4O3/c1-14-12(10-6-15-16(2)7-10)13(18)17-4-5-20-11(8-17)9-19-3/h6-7,11-12,14H,4-5,8-9H2,1-3H3. The van der Waals surface area contributed by atoms with Crippen molar-refractivity contribution in [3.8, 4) is 0 Å². The Morgan fingerprint density at radius 2 is 2.50 bits per heavy atom. The molecule has 0 spiro atoms. The fraction of sp³-hybridized carbons (Fsp3) is 0.692. The Bertz CT molecular complexity index is 447. The zero-order valence-corrected chi connectivity index (χ0v) is 12.2. The lowest BCUT2D eigenvalue weighted by atomic mass is 10.1. The van der Waals surface area contributed by atoms with Crippen LogP contribution in [0.4, 0.5) is 0 Å². The summed E-state index contributed by atoms with van der Waals surface area (Å²) < 4.78 is 12.4. The summed E-state index contributed by atoms with van der Waals surface area (Å²) in [4.78, 5) is 14.4. The summed E-state index contributed by atoms with van der Waals surface area (Å²) in [5.74, 6) is 0.0462. The van der Waals surface area contributed by atoms with E-state index in [4.69, 9.17) is 9.47 Å². The predicted molar refractivity (Wildman–Crippen MR) is 73.2 cm³/mol. The van der Waals surface area contributed by atoms with Gasteiger partial charge in [-0.1, -0.05) is 0 Å². The van der Waals surface area contributed by atoms with Gasteiger partial charge in [-0.05, 0) is 7.05 Å². The van der Waals surface area contributed by atoms with Crippen LogP contribution in [0.2, 0.25) is 0 Å². The number of morpholine rings is 1. The van der Waals surface area contributed by atoms with Gasteiger partial charge < -0.3 is 19.7 Å². The number of amides is 1. The lowest BCUT2D eigenvalue weighted by Crippen LogP contribution is -2.50. The second-order valence-electron chi connectivity index (χ2n) is 4.90. The molecular formula is C13H22N4O3. The van der Waals surface area contributed by atoms with E-state index in [-0.39, 0.29) is 18.1 Å². The van der Waals surface area contributed by atoms with Crippen LogP contribution in [0.5, 0.6) is 0 Å². The van der Waals surface area contributed by atoms with E-state index in [1.54, 1.807) is 25.0 Å². The zero-order chi connectivity index (χ0) is 14.5. The number of carbonyl (C=O) groups excluding carboxylic acids is 1. The van der Waals surface area contributed by atoms with E-state index in [2.05, 4.69) is 10.4 Å². The lowest BCUT2D eigenvalue weighted by Gasteiger charge is -2.34. The van der Waals surface area contributed by atoms with E-state index in [0.29, 0.717) is 26.3 Å². The fourth-order valence-corrected chi connectivity index (χ4v) is 2.41. The quantitative estimate of drug-likeness (QED) is 0.792. The number of aryl methyl sites for hydroxylation is 1. The third kappa shape index (κ3) is 3.36. The molecule has 1 aromatic rings. The van der Waals surface area contributed by atoms with Gasteiger partial charge >= 0.3 is 0 Å². The first-order valence-electron chi connectivity index (χ1n) is 6.70. The van der Waals surface area contributed by atoms with Crippen LogP contribution in [-0.2, 0) is 21.3 Å². The summed E-state index contributed by atoms with van der Waals surface area (Å²) in [6, 6.07) is -0.370. The molecule has 1 aliphatic heterocycles. The van der Waals surface area contributed by atoms with E-state index in [1.807, 2.05) is 18.1 Å². The molecule has 1 fully saturated rings. The number of nitrogens with zero attached hydrogens (tertiary/aromatic N) is 3. The maximum Gasteiger partial charge on any atom is 0.244 e. The molecule has 112 valence electrons. The third-order valence-electron chi connectivity index (χ3n) is 3.40. The zero-order valence-electron chi connectivity index (χ0n) is 12.2. The molecule has 0 radical (unpaired) electrons. The van der Waals surface area contributed by atoms with E-state index >= 15 is 0 Å².